The summed E-state index contributed by atoms with van der Waals surface area (Å²) in [6, 6.07) is 0. The van der Waals surface area contributed by atoms with E-state index in [1.807, 2.05) is 0 Å². The van der Waals surface area contributed by atoms with Crippen molar-refractivity contribution in [2.45, 2.75) is 219 Å². The molecule has 0 aliphatic heterocycles. The summed E-state index contributed by atoms with van der Waals surface area (Å²) in [7, 11) is -4.62. The molecule has 11 heteroatoms. The second-order valence-electron chi connectivity index (χ2n) is 15.4. The molecule has 0 aromatic heterocycles. The van der Waals surface area contributed by atoms with Gasteiger partial charge in [-0.25, -0.2) is 4.57 Å². The standard InChI is InChI=1S/C46H85O10P/c1-3-5-7-9-11-13-15-17-19-20-21-22-24-26-28-30-32-34-36-38-46(50)56-44(42-55-57(51,52)54-40-43(48)39-47)41-53-45(49)37-35-33-31-29-27-25-23-18-16-14-12-10-8-6-4-2/h6,8,12,14,18,23,43-44,47-48H,3-5,7,9-11,13,15-17,19-22,24-42H2,1-2H3,(H,51,52)/b8-6+,14-12+,23-18+/t43-,44+/m0/s1. The fourth-order valence-electron chi connectivity index (χ4n) is 6.30. The normalized spacial score (nSPS) is 14.1. The molecule has 0 aliphatic rings. The number of aliphatic hydroxyl groups excluding tert-OH is 2. The minimum absolute atomic E-state index is 0.184. The van der Waals surface area contributed by atoms with Gasteiger partial charge < -0.3 is 24.6 Å². The van der Waals surface area contributed by atoms with Crippen LogP contribution in [0.1, 0.15) is 206 Å². The number of carbonyl (C=O) groups is 2. The fraction of sp³-hybridized carbons (Fsp3) is 0.826. The first-order valence-electron chi connectivity index (χ1n) is 22.9. The van der Waals surface area contributed by atoms with E-state index < -0.39 is 51.8 Å². The number of esters is 2. The zero-order chi connectivity index (χ0) is 41.9. The van der Waals surface area contributed by atoms with Crippen LogP contribution in [0.25, 0.3) is 0 Å². The van der Waals surface area contributed by atoms with Gasteiger partial charge in [0.1, 0.15) is 12.7 Å². The Hall–Kier alpha value is -1.81. The van der Waals surface area contributed by atoms with E-state index in [1.54, 1.807) is 0 Å². The SMILES string of the molecule is CC/C=C/C/C=C/C/C=C/CCCCCCCC(=O)OC[C@H](COP(=O)(O)OC[C@@H](O)CO)OC(=O)CCCCCCCCCCCCCCCCCCCCC. The molecular formula is C46H85O10P. The topological polar surface area (TPSA) is 149 Å². The molecule has 0 rings (SSSR count). The van der Waals surface area contributed by atoms with E-state index in [0.29, 0.717) is 12.8 Å². The van der Waals surface area contributed by atoms with Gasteiger partial charge in [-0.1, -0.05) is 185 Å². The molecule has 57 heavy (non-hydrogen) atoms. The van der Waals surface area contributed by atoms with Gasteiger partial charge in [-0.05, 0) is 44.9 Å². The molecule has 0 fully saturated rings. The summed E-state index contributed by atoms with van der Waals surface area (Å²) in [4.78, 5) is 35.0. The maximum Gasteiger partial charge on any atom is 0.472 e. The van der Waals surface area contributed by atoms with Gasteiger partial charge in [0.15, 0.2) is 6.10 Å². The molecule has 0 bridgehead atoms. The molecule has 0 heterocycles. The number of hydrogen-bond donors (Lipinski definition) is 3. The number of allylic oxidation sites excluding steroid dienone is 6. The molecule has 0 amide bonds. The molecular weight excluding hydrogens is 743 g/mol. The van der Waals surface area contributed by atoms with Crippen molar-refractivity contribution in [2.75, 3.05) is 26.4 Å². The molecule has 0 aromatic rings. The smallest absolute Gasteiger partial charge is 0.462 e. The van der Waals surface area contributed by atoms with E-state index >= 15 is 0 Å². The number of rotatable bonds is 43. The first-order chi connectivity index (χ1) is 27.7. The van der Waals surface area contributed by atoms with Crippen molar-refractivity contribution in [3.63, 3.8) is 0 Å². The molecule has 10 nitrogen and oxygen atoms in total. The van der Waals surface area contributed by atoms with Gasteiger partial charge in [-0.2, -0.15) is 0 Å². The summed E-state index contributed by atoms with van der Waals surface area (Å²) >= 11 is 0. The number of phosphoric acid groups is 1. The largest absolute Gasteiger partial charge is 0.472 e. The van der Waals surface area contributed by atoms with Gasteiger partial charge in [-0.3, -0.25) is 18.6 Å². The van der Waals surface area contributed by atoms with Crippen molar-refractivity contribution in [3.05, 3.63) is 36.5 Å². The van der Waals surface area contributed by atoms with Crippen LogP contribution in [-0.4, -0.2) is 65.7 Å². The van der Waals surface area contributed by atoms with Gasteiger partial charge in [0.05, 0.1) is 19.8 Å². The molecule has 0 saturated heterocycles. The highest BCUT2D eigenvalue weighted by Crippen LogP contribution is 2.43. The highest BCUT2D eigenvalue weighted by Gasteiger charge is 2.27. The van der Waals surface area contributed by atoms with Crippen molar-refractivity contribution < 1.29 is 47.8 Å². The van der Waals surface area contributed by atoms with Gasteiger partial charge in [0, 0.05) is 12.8 Å². The van der Waals surface area contributed by atoms with Gasteiger partial charge >= 0.3 is 19.8 Å². The van der Waals surface area contributed by atoms with E-state index in [0.717, 1.165) is 70.6 Å². The highest BCUT2D eigenvalue weighted by atomic mass is 31.2. The molecule has 0 saturated carbocycles. The zero-order valence-corrected chi connectivity index (χ0v) is 37.2. The minimum atomic E-state index is -4.62. The van der Waals surface area contributed by atoms with Crippen molar-refractivity contribution in [1.29, 1.82) is 0 Å². The average molecular weight is 829 g/mol. The first kappa shape index (κ1) is 55.2. The second kappa shape index (κ2) is 42.3. The number of ether oxygens (including phenoxy) is 2. The molecule has 3 atom stereocenters. The number of unbranched alkanes of at least 4 members (excludes halogenated alkanes) is 23. The number of hydrogen-bond acceptors (Lipinski definition) is 9. The predicted molar refractivity (Wildman–Crippen MR) is 233 cm³/mol. The Bertz CT molecular complexity index is 1050. The second-order valence-corrected chi connectivity index (χ2v) is 16.9. The Morgan fingerprint density at radius 2 is 0.965 bits per heavy atom. The number of aliphatic hydroxyl groups is 2. The molecule has 1 unspecified atom stereocenters. The van der Waals surface area contributed by atoms with E-state index in [1.165, 1.54) is 96.3 Å². The summed E-state index contributed by atoms with van der Waals surface area (Å²) in [6.45, 7) is 2.27. The van der Waals surface area contributed by atoms with Crippen LogP contribution in [0, 0.1) is 0 Å². The summed E-state index contributed by atoms with van der Waals surface area (Å²) in [5.74, 6) is -0.937. The van der Waals surface area contributed by atoms with Crippen LogP contribution >= 0.6 is 7.82 Å². The zero-order valence-electron chi connectivity index (χ0n) is 36.3. The quantitative estimate of drug-likeness (QED) is 0.0235. The molecule has 0 spiro atoms. The lowest BCUT2D eigenvalue weighted by Crippen LogP contribution is -2.29. The Labute approximate surface area is 348 Å². The number of carbonyl (C=O) groups excluding carboxylic acids is 2. The van der Waals surface area contributed by atoms with E-state index in [9.17, 15) is 24.2 Å². The number of phosphoric ester groups is 1. The van der Waals surface area contributed by atoms with Crippen LogP contribution in [0.15, 0.2) is 36.5 Å². The summed E-state index contributed by atoms with van der Waals surface area (Å²) in [6.07, 6.45) is 44.0. The Morgan fingerprint density at radius 3 is 1.46 bits per heavy atom. The van der Waals surface area contributed by atoms with Gasteiger partial charge in [0.25, 0.3) is 0 Å². The Kier molecular flexibility index (Phi) is 41.0. The lowest BCUT2D eigenvalue weighted by molar-refractivity contribution is -0.161. The van der Waals surface area contributed by atoms with Crippen LogP contribution in [0.5, 0.6) is 0 Å². The average Bonchev–Trinajstić information content (AvgIpc) is 3.20. The third kappa shape index (κ3) is 42.1. The summed E-state index contributed by atoms with van der Waals surface area (Å²) in [5, 5.41) is 18.3. The van der Waals surface area contributed by atoms with Crippen molar-refractivity contribution in [2.24, 2.45) is 0 Å². The van der Waals surface area contributed by atoms with E-state index in [2.05, 4.69) is 50.3 Å². The Balaban J connectivity index is 4.24. The lowest BCUT2D eigenvalue weighted by Gasteiger charge is -2.20. The Morgan fingerprint density at radius 1 is 0.544 bits per heavy atom. The van der Waals surface area contributed by atoms with Gasteiger partial charge in [-0.15, -0.1) is 0 Å². The third-order valence-electron chi connectivity index (χ3n) is 9.81. The first-order valence-corrected chi connectivity index (χ1v) is 24.4. The van der Waals surface area contributed by atoms with Crippen LogP contribution in [0.3, 0.4) is 0 Å². The lowest BCUT2D eigenvalue weighted by atomic mass is 10.0. The molecule has 334 valence electrons. The maximum atomic E-state index is 12.6. The molecule has 0 aliphatic carbocycles. The van der Waals surface area contributed by atoms with Crippen LogP contribution < -0.4 is 0 Å². The van der Waals surface area contributed by atoms with Crippen molar-refractivity contribution in [1.82, 2.24) is 0 Å². The van der Waals surface area contributed by atoms with E-state index in [4.69, 9.17) is 23.6 Å². The minimum Gasteiger partial charge on any atom is -0.462 e. The van der Waals surface area contributed by atoms with Crippen molar-refractivity contribution in [3.8, 4) is 0 Å². The van der Waals surface area contributed by atoms with Crippen LogP contribution in [0.2, 0.25) is 0 Å². The fourth-order valence-corrected chi connectivity index (χ4v) is 7.09. The molecule has 0 aromatic carbocycles. The predicted octanol–water partition coefficient (Wildman–Crippen LogP) is 12.3. The summed E-state index contributed by atoms with van der Waals surface area (Å²) in [5.41, 5.74) is 0. The van der Waals surface area contributed by atoms with Crippen molar-refractivity contribution >= 4 is 19.8 Å². The molecule has 3 N–H and O–H groups in total. The van der Waals surface area contributed by atoms with Crippen LogP contribution in [0.4, 0.5) is 0 Å². The maximum absolute atomic E-state index is 12.6. The highest BCUT2D eigenvalue weighted by molar-refractivity contribution is 7.47. The van der Waals surface area contributed by atoms with Gasteiger partial charge in [0.2, 0.25) is 0 Å². The third-order valence-corrected chi connectivity index (χ3v) is 10.8. The molecule has 0 radical (unpaired) electrons. The van der Waals surface area contributed by atoms with Crippen LogP contribution in [-0.2, 0) is 32.7 Å². The summed E-state index contributed by atoms with van der Waals surface area (Å²) < 4.78 is 32.8. The monoisotopic (exact) mass is 829 g/mol. The van der Waals surface area contributed by atoms with E-state index in [-0.39, 0.29) is 19.4 Å².